The summed E-state index contributed by atoms with van der Waals surface area (Å²) in [7, 11) is 0. The van der Waals surface area contributed by atoms with Crippen LogP contribution in [0, 0.1) is 0 Å². The molecular weight excluding hydrogens is 821 g/mol. The molecule has 1 fully saturated rings. The van der Waals surface area contributed by atoms with E-state index >= 15 is 0 Å². The van der Waals surface area contributed by atoms with Gasteiger partial charge in [-0.25, -0.2) is 0 Å². The molecule has 324 valence electrons. The van der Waals surface area contributed by atoms with Gasteiger partial charge in [-0.15, -0.1) is 0 Å². The van der Waals surface area contributed by atoms with Gasteiger partial charge in [0.25, 0.3) is 0 Å². The average Bonchev–Trinajstić information content (AvgIpc) is 3.75. The zero-order valence-corrected chi connectivity index (χ0v) is 38.0. The van der Waals surface area contributed by atoms with E-state index in [0.717, 1.165) is 22.7 Å². The van der Waals surface area contributed by atoms with Crippen molar-refractivity contribution in [2.45, 2.75) is 38.0 Å². The first-order chi connectivity index (χ1) is 33.8. The van der Waals surface area contributed by atoms with Crippen molar-refractivity contribution in [1.82, 2.24) is 4.57 Å². The van der Waals surface area contributed by atoms with Gasteiger partial charge in [0.05, 0.1) is 22.4 Å². The van der Waals surface area contributed by atoms with Gasteiger partial charge in [0.1, 0.15) is 0 Å². The number of rotatable bonds is 8. The molecule has 1 saturated carbocycles. The van der Waals surface area contributed by atoms with E-state index < -0.39 is 0 Å². The Hall–Kier alpha value is -8.20. The van der Waals surface area contributed by atoms with E-state index in [9.17, 15) is 0 Å². The molecule has 0 saturated heterocycles. The summed E-state index contributed by atoms with van der Waals surface area (Å²) in [4.78, 5) is 2.54. The van der Waals surface area contributed by atoms with Crippen molar-refractivity contribution in [1.29, 1.82) is 0 Å². The second kappa shape index (κ2) is 16.9. The molecule has 1 heterocycles. The number of para-hydroxylation sites is 4. The first-order valence-electron chi connectivity index (χ1n) is 24.4. The largest absolute Gasteiger partial charge is 0.309 e. The van der Waals surface area contributed by atoms with Gasteiger partial charge in [0.15, 0.2) is 0 Å². The Bertz CT molecular complexity index is 3850. The molecule has 0 aliphatic heterocycles. The molecule has 1 aliphatic rings. The SMILES string of the molecule is c1ccc(-n2c3ccccc3c3cc(-c4cccc(N(c5ccccc5-c5cccc6c5ccc5ccccc56)c5ccccc5-c5cccc6cccc(C7CCCCC7)c56)c4)ccc32)cc1. The predicted molar refractivity (Wildman–Crippen MR) is 290 cm³/mol. The fourth-order valence-corrected chi connectivity index (χ4v) is 11.7. The van der Waals surface area contributed by atoms with Crippen LogP contribution < -0.4 is 4.90 Å². The van der Waals surface area contributed by atoms with Gasteiger partial charge in [0.2, 0.25) is 0 Å². The van der Waals surface area contributed by atoms with E-state index in [1.807, 2.05) is 0 Å². The minimum Gasteiger partial charge on any atom is -0.309 e. The standard InChI is InChI=1S/C66H50N2/c1-3-19-45(20-4-1)53-32-16-22-47-23-17-35-60(66(47)53)58-30-10-13-37-63(58)68(62-36-12-9-29-57(62)55-34-18-33-54-52-28-8-7-21-46(52)39-41-56(54)55)51-27-15-24-48(43-51)49-40-42-65-61(44-49)59-31-11-14-38-64(59)67(65)50-25-5-2-6-26-50/h2,5-18,21-45H,1,3-4,19-20H2. The zero-order chi connectivity index (χ0) is 45.0. The molecule has 0 N–H and O–H groups in total. The van der Waals surface area contributed by atoms with Gasteiger partial charge in [-0.1, -0.05) is 201 Å². The summed E-state index contributed by atoms with van der Waals surface area (Å²) in [5, 5.41) is 10.2. The molecule has 1 aromatic heterocycles. The highest BCUT2D eigenvalue weighted by Gasteiger charge is 2.25. The molecule has 0 unspecified atom stereocenters. The van der Waals surface area contributed by atoms with Gasteiger partial charge >= 0.3 is 0 Å². The number of fused-ring (bicyclic) bond motifs is 7. The summed E-state index contributed by atoms with van der Waals surface area (Å²) in [6, 6.07) is 88.0. The fraction of sp³-hybridized carbons (Fsp3) is 0.0909. The molecule has 11 aromatic carbocycles. The number of hydrogen-bond acceptors (Lipinski definition) is 1. The van der Waals surface area contributed by atoms with Crippen molar-refractivity contribution >= 4 is 71.2 Å². The van der Waals surface area contributed by atoms with Crippen molar-refractivity contribution in [2.24, 2.45) is 0 Å². The monoisotopic (exact) mass is 870 g/mol. The van der Waals surface area contributed by atoms with Gasteiger partial charge in [0, 0.05) is 33.3 Å². The van der Waals surface area contributed by atoms with E-state index in [-0.39, 0.29) is 0 Å². The second-order valence-electron chi connectivity index (χ2n) is 18.6. The molecule has 0 radical (unpaired) electrons. The van der Waals surface area contributed by atoms with Crippen LogP contribution in [-0.2, 0) is 0 Å². The second-order valence-corrected chi connectivity index (χ2v) is 18.6. The lowest BCUT2D eigenvalue weighted by molar-refractivity contribution is 0.445. The van der Waals surface area contributed by atoms with Crippen LogP contribution in [0.25, 0.3) is 93.2 Å². The highest BCUT2D eigenvalue weighted by molar-refractivity contribution is 6.14. The fourth-order valence-electron chi connectivity index (χ4n) is 11.7. The van der Waals surface area contributed by atoms with Crippen LogP contribution in [0.3, 0.4) is 0 Å². The van der Waals surface area contributed by atoms with Crippen LogP contribution in [0.2, 0.25) is 0 Å². The van der Waals surface area contributed by atoms with E-state index in [4.69, 9.17) is 0 Å². The quantitative estimate of drug-likeness (QED) is 0.138. The Morgan fingerprint density at radius 2 is 0.956 bits per heavy atom. The van der Waals surface area contributed by atoms with Crippen LogP contribution in [-0.4, -0.2) is 4.57 Å². The molecule has 1 aliphatic carbocycles. The molecule has 0 bridgehead atoms. The Labute approximate surface area is 398 Å². The Morgan fingerprint density at radius 1 is 0.353 bits per heavy atom. The summed E-state index contributed by atoms with van der Waals surface area (Å²) in [5.41, 5.74) is 15.7. The maximum atomic E-state index is 2.54. The predicted octanol–water partition coefficient (Wildman–Crippen LogP) is 18.8. The van der Waals surface area contributed by atoms with Crippen LogP contribution >= 0.6 is 0 Å². The van der Waals surface area contributed by atoms with E-state index in [1.54, 1.807) is 0 Å². The molecule has 68 heavy (non-hydrogen) atoms. The third-order valence-electron chi connectivity index (χ3n) is 14.8. The van der Waals surface area contributed by atoms with Crippen LogP contribution in [0.15, 0.2) is 237 Å². The highest BCUT2D eigenvalue weighted by Crippen LogP contribution is 2.49. The number of anilines is 3. The third-order valence-corrected chi connectivity index (χ3v) is 14.8. The van der Waals surface area contributed by atoms with Gasteiger partial charge in [-0.2, -0.15) is 0 Å². The summed E-state index contributed by atoms with van der Waals surface area (Å²) >= 11 is 0. The van der Waals surface area contributed by atoms with Crippen LogP contribution in [0.5, 0.6) is 0 Å². The number of nitrogens with zero attached hydrogens (tertiary/aromatic N) is 2. The van der Waals surface area contributed by atoms with Crippen molar-refractivity contribution in [3.05, 3.63) is 242 Å². The minimum absolute atomic E-state index is 0.566. The molecule has 2 nitrogen and oxygen atoms in total. The van der Waals surface area contributed by atoms with E-state index in [1.165, 1.54) is 125 Å². The summed E-state index contributed by atoms with van der Waals surface area (Å²) in [6.45, 7) is 0. The van der Waals surface area contributed by atoms with Gasteiger partial charge in [-0.3, -0.25) is 0 Å². The number of hydrogen-bond donors (Lipinski definition) is 0. The molecule has 2 heteroatoms. The first-order valence-corrected chi connectivity index (χ1v) is 24.4. The van der Waals surface area contributed by atoms with Crippen molar-refractivity contribution in [2.75, 3.05) is 4.90 Å². The molecule has 0 amide bonds. The smallest absolute Gasteiger partial charge is 0.0541 e. The summed E-state index contributed by atoms with van der Waals surface area (Å²) in [5.74, 6) is 0.566. The highest BCUT2D eigenvalue weighted by atomic mass is 15.1. The third kappa shape index (κ3) is 6.78. The molecule has 12 aromatic rings. The molecule has 0 atom stereocenters. The lowest BCUT2D eigenvalue weighted by Crippen LogP contribution is -2.13. The van der Waals surface area contributed by atoms with Gasteiger partial charge in [-0.05, 0) is 133 Å². The Balaban J connectivity index is 1.04. The summed E-state index contributed by atoms with van der Waals surface area (Å²) < 4.78 is 2.39. The van der Waals surface area contributed by atoms with Crippen molar-refractivity contribution in [3.8, 4) is 39.1 Å². The Kier molecular flexibility index (Phi) is 9.97. The zero-order valence-electron chi connectivity index (χ0n) is 38.0. The van der Waals surface area contributed by atoms with Crippen LogP contribution in [0.1, 0.15) is 43.6 Å². The molecule has 13 rings (SSSR count). The Morgan fingerprint density at radius 3 is 1.79 bits per heavy atom. The first kappa shape index (κ1) is 40.1. The summed E-state index contributed by atoms with van der Waals surface area (Å²) in [6.07, 6.45) is 6.43. The molecule has 0 spiro atoms. The van der Waals surface area contributed by atoms with E-state index in [0.29, 0.717) is 5.92 Å². The topological polar surface area (TPSA) is 8.17 Å². The van der Waals surface area contributed by atoms with Gasteiger partial charge < -0.3 is 9.47 Å². The maximum Gasteiger partial charge on any atom is 0.0541 e. The molecular formula is C66H50N2. The average molecular weight is 871 g/mol. The maximum absolute atomic E-state index is 2.54. The lowest BCUT2D eigenvalue weighted by Gasteiger charge is -2.31. The van der Waals surface area contributed by atoms with Crippen LogP contribution in [0.4, 0.5) is 17.1 Å². The minimum atomic E-state index is 0.566. The van der Waals surface area contributed by atoms with Crippen molar-refractivity contribution < 1.29 is 0 Å². The normalized spacial score (nSPS) is 13.2. The number of benzene rings is 11. The lowest BCUT2D eigenvalue weighted by atomic mass is 9.80. The van der Waals surface area contributed by atoms with Crippen molar-refractivity contribution in [3.63, 3.8) is 0 Å². The number of aromatic nitrogens is 1. The van der Waals surface area contributed by atoms with E-state index in [2.05, 4.69) is 246 Å².